The van der Waals surface area contributed by atoms with Gasteiger partial charge in [0, 0.05) is 18.7 Å². The Bertz CT molecular complexity index is 1230. The van der Waals surface area contributed by atoms with Crippen LogP contribution in [-0.4, -0.2) is 56.1 Å². The molecule has 0 unspecified atom stereocenters. The molecule has 33 heavy (non-hydrogen) atoms. The number of carbonyl (C=O) groups is 1. The molecule has 168 valence electrons. The van der Waals surface area contributed by atoms with Gasteiger partial charge < -0.3 is 14.2 Å². The molecule has 0 radical (unpaired) electrons. The van der Waals surface area contributed by atoms with Gasteiger partial charge in [0.05, 0.1) is 25.8 Å². The van der Waals surface area contributed by atoms with E-state index in [0.717, 1.165) is 29.7 Å². The van der Waals surface area contributed by atoms with Crippen LogP contribution in [-0.2, 0) is 11.2 Å². The fourth-order valence-electron chi connectivity index (χ4n) is 4.03. The van der Waals surface area contributed by atoms with Crippen molar-refractivity contribution in [2.45, 2.75) is 25.3 Å². The summed E-state index contributed by atoms with van der Waals surface area (Å²) in [5.74, 6) is 1.74. The van der Waals surface area contributed by atoms with E-state index in [9.17, 15) is 4.79 Å². The van der Waals surface area contributed by atoms with Crippen LogP contribution in [0, 0.1) is 0 Å². The fourth-order valence-corrected chi connectivity index (χ4v) is 4.03. The van der Waals surface area contributed by atoms with Crippen molar-refractivity contribution in [1.82, 2.24) is 30.0 Å². The summed E-state index contributed by atoms with van der Waals surface area (Å²) in [5, 5.41) is 12.5. The number of nitrogens with zero attached hydrogens (tertiary/aromatic N) is 6. The second-order valence-electron chi connectivity index (χ2n) is 8.01. The van der Waals surface area contributed by atoms with Gasteiger partial charge in [-0.3, -0.25) is 4.79 Å². The molecule has 1 aliphatic rings. The highest BCUT2D eigenvalue weighted by molar-refractivity contribution is 5.79. The molecule has 1 saturated heterocycles. The zero-order valence-electron chi connectivity index (χ0n) is 18.3. The molecule has 5 rings (SSSR count). The first-order valence-electron chi connectivity index (χ1n) is 10.9. The van der Waals surface area contributed by atoms with E-state index in [-0.39, 0.29) is 11.9 Å². The number of rotatable bonds is 6. The highest BCUT2D eigenvalue weighted by Gasteiger charge is 2.25. The minimum atomic E-state index is 0.125. The van der Waals surface area contributed by atoms with Crippen LogP contribution in [0.25, 0.3) is 23.0 Å². The predicted octanol–water partition coefficient (Wildman–Crippen LogP) is 3.41. The van der Waals surface area contributed by atoms with E-state index in [4.69, 9.17) is 9.26 Å². The second-order valence-corrected chi connectivity index (χ2v) is 8.01. The van der Waals surface area contributed by atoms with Gasteiger partial charge in [-0.25, -0.2) is 4.68 Å². The lowest BCUT2D eigenvalue weighted by Gasteiger charge is -2.32. The Hall–Kier alpha value is -4.01. The van der Waals surface area contributed by atoms with E-state index in [2.05, 4.69) is 20.5 Å². The molecule has 1 fully saturated rings. The van der Waals surface area contributed by atoms with E-state index < -0.39 is 0 Å². The molecule has 0 spiro atoms. The summed E-state index contributed by atoms with van der Waals surface area (Å²) in [7, 11) is 1.63. The van der Waals surface area contributed by atoms with E-state index in [1.165, 1.54) is 0 Å². The van der Waals surface area contributed by atoms with Crippen LogP contribution in [0.4, 0.5) is 0 Å². The molecular weight excluding hydrogens is 420 g/mol. The van der Waals surface area contributed by atoms with E-state index in [1.807, 2.05) is 70.4 Å². The molecule has 0 aliphatic carbocycles. The van der Waals surface area contributed by atoms with Gasteiger partial charge in [-0.15, -0.1) is 5.10 Å². The summed E-state index contributed by atoms with van der Waals surface area (Å²) in [4.78, 5) is 19.1. The Kier molecular flexibility index (Phi) is 5.84. The third kappa shape index (κ3) is 4.62. The van der Waals surface area contributed by atoms with E-state index in [0.29, 0.717) is 36.9 Å². The first-order valence-corrected chi connectivity index (χ1v) is 10.9. The average molecular weight is 444 g/mol. The van der Waals surface area contributed by atoms with E-state index in [1.54, 1.807) is 7.11 Å². The Balaban J connectivity index is 1.19. The quantitative estimate of drug-likeness (QED) is 0.449. The molecule has 0 N–H and O–H groups in total. The number of hydrogen-bond acceptors (Lipinski definition) is 7. The van der Waals surface area contributed by atoms with Crippen LogP contribution in [0.2, 0.25) is 0 Å². The minimum absolute atomic E-state index is 0.125. The topological polar surface area (TPSA) is 99.2 Å². The van der Waals surface area contributed by atoms with Crippen LogP contribution < -0.4 is 4.74 Å². The molecule has 9 nitrogen and oxygen atoms in total. The molecule has 2 aromatic carbocycles. The number of hydrogen-bond donors (Lipinski definition) is 0. The van der Waals surface area contributed by atoms with Gasteiger partial charge in [0.1, 0.15) is 5.75 Å². The second kappa shape index (κ2) is 9.23. The van der Waals surface area contributed by atoms with Crippen LogP contribution in [0.1, 0.15) is 24.4 Å². The first kappa shape index (κ1) is 20.9. The molecule has 1 aliphatic heterocycles. The minimum Gasteiger partial charge on any atom is -0.497 e. The normalized spacial score (nSPS) is 14.4. The number of aromatic nitrogens is 5. The van der Waals surface area contributed by atoms with Gasteiger partial charge in [-0.2, -0.15) is 4.98 Å². The maximum atomic E-state index is 12.7. The summed E-state index contributed by atoms with van der Waals surface area (Å²) in [6, 6.07) is 17.4. The van der Waals surface area contributed by atoms with Gasteiger partial charge in [-0.1, -0.05) is 52.8 Å². The Morgan fingerprint density at radius 1 is 1.12 bits per heavy atom. The van der Waals surface area contributed by atoms with Crippen molar-refractivity contribution in [3.63, 3.8) is 0 Å². The fraction of sp³-hybridized carbons (Fsp3) is 0.292. The predicted molar refractivity (Wildman–Crippen MR) is 120 cm³/mol. The maximum absolute atomic E-state index is 12.7. The SMILES string of the molecule is COc1cccc(CC(=O)N2CCC(n3cc(-c4nc(-c5ccccc5)no4)nn3)CC2)c1. The summed E-state index contributed by atoms with van der Waals surface area (Å²) in [6.45, 7) is 1.36. The zero-order valence-corrected chi connectivity index (χ0v) is 18.3. The number of benzene rings is 2. The number of piperidine rings is 1. The molecule has 0 atom stereocenters. The summed E-state index contributed by atoms with van der Waals surface area (Å²) in [6.07, 6.45) is 3.83. The molecular formula is C24H24N6O3. The van der Waals surface area contributed by atoms with Crippen LogP contribution >= 0.6 is 0 Å². The highest BCUT2D eigenvalue weighted by Crippen LogP contribution is 2.25. The van der Waals surface area contributed by atoms with Crippen molar-refractivity contribution in [3.8, 4) is 28.7 Å². The average Bonchev–Trinajstić information content (AvgIpc) is 3.55. The van der Waals surface area contributed by atoms with Gasteiger partial charge in [0.15, 0.2) is 5.69 Å². The van der Waals surface area contributed by atoms with Gasteiger partial charge in [-0.05, 0) is 30.5 Å². The molecule has 0 bridgehead atoms. The molecule has 1 amide bonds. The van der Waals surface area contributed by atoms with Crippen molar-refractivity contribution in [2.24, 2.45) is 0 Å². The monoisotopic (exact) mass is 444 g/mol. The van der Waals surface area contributed by atoms with Crippen molar-refractivity contribution >= 4 is 5.91 Å². The van der Waals surface area contributed by atoms with Crippen LogP contribution in [0.5, 0.6) is 5.75 Å². The Morgan fingerprint density at radius 2 is 1.94 bits per heavy atom. The lowest BCUT2D eigenvalue weighted by atomic mass is 10.0. The van der Waals surface area contributed by atoms with Crippen molar-refractivity contribution in [2.75, 3.05) is 20.2 Å². The number of ether oxygens (including phenoxy) is 1. The summed E-state index contributed by atoms with van der Waals surface area (Å²) < 4.78 is 12.5. The number of methoxy groups -OCH3 is 1. The molecule has 0 saturated carbocycles. The van der Waals surface area contributed by atoms with Crippen molar-refractivity contribution in [1.29, 1.82) is 0 Å². The molecule has 2 aromatic heterocycles. The molecule has 9 heteroatoms. The lowest BCUT2D eigenvalue weighted by molar-refractivity contribution is -0.131. The largest absolute Gasteiger partial charge is 0.497 e. The third-order valence-corrected chi connectivity index (χ3v) is 5.87. The van der Waals surface area contributed by atoms with Gasteiger partial charge in [0.2, 0.25) is 11.7 Å². The zero-order chi connectivity index (χ0) is 22.6. The van der Waals surface area contributed by atoms with Crippen LogP contribution in [0.15, 0.2) is 65.3 Å². The Labute approximate surface area is 191 Å². The summed E-state index contributed by atoms with van der Waals surface area (Å²) >= 11 is 0. The smallest absolute Gasteiger partial charge is 0.280 e. The molecule has 3 heterocycles. The van der Waals surface area contributed by atoms with Crippen LogP contribution in [0.3, 0.4) is 0 Å². The van der Waals surface area contributed by atoms with Gasteiger partial charge in [0.25, 0.3) is 5.89 Å². The summed E-state index contributed by atoms with van der Waals surface area (Å²) in [5.41, 5.74) is 2.38. The first-order chi connectivity index (χ1) is 16.2. The Morgan fingerprint density at radius 3 is 2.73 bits per heavy atom. The number of carbonyl (C=O) groups excluding carboxylic acids is 1. The number of amides is 1. The molecule has 4 aromatic rings. The van der Waals surface area contributed by atoms with Gasteiger partial charge >= 0.3 is 0 Å². The highest BCUT2D eigenvalue weighted by atomic mass is 16.5. The van der Waals surface area contributed by atoms with Crippen molar-refractivity contribution in [3.05, 3.63) is 66.4 Å². The standard InChI is InChI=1S/C24H24N6O3/c1-32-20-9-5-6-17(14-20)15-22(31)29-12-10-19(11-13-29)30-16-21(26-28-30)24-25-23(27-33-24)18-7-3-2-4-8-18/h2-9,14,16,19H,10-13,15H2,1H3. The van der Waals surface area contributed by atoms with Crippen molar-refractivity contribution < 1.29 is 14.1 Å². The number of likely N-dealkylation sites (tertiary alicyclic amines) is 1. The van der Waals surface area contributed by atoms with E-state index >= 15 is 0 Å². The third-order valence-electron chi connectivity index (χ3n) is 5.87. The maximum Gasteiger partial charge on any atom is 0.280 e. The lowest BCUT2D eigenvalue weighted by Crippen LogP contribution is -2.40.